The van der Waals surface area contributed by atoms with Crippen molar-refractivity contribution in [1.82, 2.24) is 9.97 Å². The maximum absolute atomic E-state index is 13.5. The van der Waals surface area contributed by atoms with Crippen LogP contribution in [-0.2, 0) is 0 Å². The van der Waals surface area contributed by atoms with Crippen LogP contribution in [-0.4, -0.2) is 17.1 Å². The van der Waals surface area contributed by atoms with Gasteiger partial charge in [0.1, 0.15) is 11.6 Å². The van der Waals surface area contributed by atoms with Crippen molar-refractivity contribution in [3.05, 3.63) is 107 Å². The fourth-order valence-electron chi connectivity index (χ4n) is 3.74. The second-order valence-electron chi connectivity index (χ2n) is 7.46. The maximum atomic E-state index is 13.5. The molecule has 0 fully saturated rings. The highest BCUT2D eigenvalue weighted by Gasteiger charge is 2.12. The number of fused-ring (bicyclic) bond motifs is 1. The van der Waals surface area contributed by atoms with E-state index in [0.29, 0.717) is 17.0 Å². The second kappa shape index (κ2) is 8.12. The van der Waals surface area contributed by atoms with Crippen molar-refractivity contribution in [3.8, 4) is 39.4 Å². The number of pyridine rings is 2. The molecule has 0 radical (unpaired) electrons. The first-order valence-electron chi connectivity index (χ1n) is 10.2. The number of methoxy groups -OCH3 is 1. The molecule has 5 aromatic rings. The molecule has 0 aliphatic heterocycles. The van der Waals surface area contributed by atoms with Crippen LogP contribution in [0.25, 0.3) is 44.5 Å². The van der Waals surface area contributed by atoms with Gasteiger partial charge in [0.25, 0.3) is 5.56 Å². The van der Waals surface area contributed by atoms with Crippen molar-refractivity contribution in [2.24, 2.45) is 0 Å². The van der Waals surface area contributed by atoms with Gasteiger partial charge in [0.2, 0.25) is 0 Å². The Morgan fingerprint density at radius 1 is 0.781 bits per heavy atom. The summed E-state index contributed by atoms with van der Waals surface area (Å²) in [5, 5.41) is 0.861. The van der Waals surface area contributed by atoms with Gasteiger partial charge >= 0.3 is 0 Å². The molecule has 0 saturated heterocycles. The first-order valence-corrected chi connectivity index (χ1v) is 10.2. The molecule has 3 aromatic carbocycles. The van der Waals surface area contributed by atoms with Gasteiger partial charge < -0.3 is 9.72 Å². The summed E-state index contributed by atoms with van der Waals surface area (Å²) in [6.45, 7) is 0. The average molecular weight is 422 g/mol. The van der Waals surface area contributed by atoms with Crippen molar-refractivity contribution in [2.45, 2.75) is 0 Å². The molecule has 0 amide bonds. The molecule has 0 unspecified atom stereocenters. The zero-order valence-electron chi connectivity index (χ0n) is 17.3. The molecule has 2 heterocycles. The van der Waals surface area contributed by atoms with Crippen molar-refractivity contribution in [3.63, 3.8) is 0 Å². The number of aromatic nitrogens is 2. The number of ether oxygens (including phenoxy) is 1. The van der Waals surface area contributed by atoms with Crippen molar-refractivity contribution in [2.75, 3.05) is 7.11 Å². The predicted molar refractivity (Wildman–Crippen MR) is 125 cm³/mol. The summed E-state index contributed by atoms with van der Waals surface area (Å²) in [5.41, 5.74) is 4.87. The third-order valence-electron chi connectivity index (χ3n) is 5.40. The molecule has 5 rings (SSSR count). The molecule has 0 bridgehead atoms. The van der Waals surface area contributed by atoms with Gasteiger partial charge in [-0.3, -0.25) is 4.79 Å². The Bertz CT molecular complexity index is 1480. The van der Waals surface area contributed by atoms with Crippen molar-refractivity contribution >= 4 is 10.9 Å². The minimum absolute atomic E-state index is 0.196. The Labute approximate surface area is 184 Å². The minimum Gasteiger partial charge on any atom is -0.497 e. The number of rotatable bonds is 4. The first-order chi connectivity index (χ1) is 15.6. The third kappa shape index (κ3) is 3.76. The fraction of sp³-hybridized carbons (Fsp3) is 0.0370. The summed E-state index contributed by atoms with van der Waals surface area (Å²) >= 11 is 0. The molecule has 4 nitrogen and oxygen atoms in total. The first kappa shape index (κ1) is 19.7. The van der Waals surface area contributed by atoms with Crippen LogP contribution in [0.15, 0.2) is 95.8 Å². The van der Waals surface area contributed by atoms with Crippen LogP contribution in [0.3, 0.4) is 0 Å². The summed E-state index contributed by atoms with van der Waals surface area (Å²) < 4.78 is 18.8. The predicted octanol–water partition coefficient (Wildman–Crippen LogP) is 6.07. The summed E-state index contributed by atoms with van der Waals surface area (Å²) in [6.07, 6.45) is 0. The Morgan fingerprint density at radius 3 is 2.16 bits per heavy atom. The molecule has 2 aromatic heterocycles. The smallest absolute Gasteiger partial charge is 0.256 e. The fourth-order valence-corrected chi connectivity index (χ4v) is 3.74. The van der Waals surface area contributed by atoms with E-state index in [1.54, 1.807) is 19.2 Å². The average Bonchev–Trinajstić information content (AvgIpc) is 2.84. The van der Waals surface area contributed by atoms with Crippen LogP contribution in [0.2, 0.25) is 0 Å². The molecule has 0 spiro atoms. The lowest BCUT2D eigenvalue weighted by molar-refractivity contribution is 0.415. The Morgan fingerprint density at radius 2 is 1.47 bits per heavy atom. The number of benzene rings is 3. The number of hydrogen-bond donors (Lipinski definition) is 1. The van der Waals surface area contributed by atoms with Crippen molar-refractivity contribution in [1.29, 1.82) is 0 Å². The van der Waals surface area contributed by atoms with Crippen LogP contribution in [0, 0.1) is 5.82 Å². The molecule has 0 aliphatic rings. The van der Waals surface area contributed by atoms with Crippen LogP contribution in [0.4, 0.5) is 4.39 Å². The molecule has 32 heavy (non-hydrogen) atoms. The molecule has 0 aliphatic carbocycles. The number of halogens is 1. The van der Waals surface area contributed by atoms with Gasteiger partial charge in [-0.25, -0.2) is 9.37 Å². The highest BCUT2D eigenvalue weighted by atomic mass is 19.1. The van der Waals surface area contributed by atoms with E-state index in [2.05, 4.69) is 4.98 Å². The van der Waals surface area contributed by atoms with Crippen LogP contribution >= 0.6 is 0 Å². The van der Waals surface area contributed by atoms with E-state index in [1.807, 2.05) is 66.7 Å². The van der Waals surface area contributed by atoms with Crippen LogP contribution < -0.4 is 10.3 Å². The van der Waals surface area contributed by atoms with E-state index in [1.165, 1.54) is 12.1 Å². The van der Waals surface area contributed by atoms with Gasteiger partial charge in [0, 0.05) is 27.6 Å². The monoisotopic (exact) mass is 422 g/mol. The molecule has 156 valence electrons. The van der Waals surface area contributed by atoms with Gasteiger partial charge in [-0.2, -0.15) is 0 Å². The Hall–Kier alpha value is -4.25. The van der Waals surface area contributed by atoms with Crippen LogP contribution in [0.1, 0.15) is 0 Å². The van der Waals surface area contributed by atoms with E-state index >= 15 is 0 Å². The maximum Gasteiger partial charge on any atom is 0.256 e. The zero-order chi connectivity index (χ0) is 22.1. The summed E-state index contributed by atoms with van der Waals surface area (Å²) in [6, 6.07) is 27.1. The quantitative estimate of drug-likeness (QED) is 0.382. The second-order valence-corrected chi connectivity index (χ2v) is 7.46. The van der Waals surface area contributed by atoms with E-state index in [9.17, 15) is 9.18 Å². The minimum atomic E-state index is -0.312. The van der Waals surface area contributed by atoms with E-state index in [0.717, 1.165) is 33.3 Å². The number of nitrogens with zero attached hydrogens (tertiary/aromatic N) is 1. The normalized spacial score (nSPS) is 10.9. The van der Waals surface area contributed by atoms with E-state index in [4.69, 9.17) is 9.72 Å². The number of H-pyrrole nitrogens is 1. The Kier molecular flexibility index (Phi) is 5.00. The van der Waals surface area contributed by atoms with E-state index in [-0.39, 0.29) is 11.4 Å². The van der Waals surface area contributed by atoms with Gasteiger partial charge in [0.15, 0.2) is 0 Å². The van der Waals surface area contributed by atoms with E-state index < -0.39 is 0 Å². The third-order valence-corrected chi connectivity index (χ3v) is 5.40. The zero-order valence-corrected chi connectivity index (χ0v) is 17.3. The molecular weight excluding hydrogens is 403 g/mol. The molecule has 5 heteroatoms. The highest BCUT2D eigenvalue weighted by molar-refractivity contribution is 5.86. The van der Waals surface area contributed by atoms with Crippen LogP contribution in [0.5, 0.6) is 5.75 Å². The lowest BCUT2D eigenvalue weighted by Crippen LogP contribution is -2.09. The number of aromatic amines is 1. The lowest BCUT2D eigenvalue weighted by Gasteiger charge is -2.11. The summed E-state index contributed by atoms with van der Waals surface area (Å²) in [7, 11) is 1.61. The molecule has 0 saturated carbocycles. The molecule has 0 atom stereocenters. The van der Waals surface area contributed by atoms with Gasteiger partial charge in [0.05, 0.1) is 18.5 Å². The summed E-state index contributed by atoms with van der Waals surface area (Å²) in [4.78, 5) is 20.7. The SMILES string of the molecule is COc1ccc2[nH]c(=O)c(-c3cc(-c4ccccc4)nc(-c4ccc(F)cc4)c3)cc2c1. The number of nitrogens with one attached hydrogen (secondary N) is 1. The van der Waals surface area contributed by atoms with Gasteiger partial charge in [-0.05, 0) is 66.2 Å². The Balaban J connectivity index is 1.74. The van der Waals surface area contributed by atoms with Gasteiger partial charge in [-0.1, -0.05) is 30.3 Å². The number of hydrogen-bond acceptors (Lipinski definition) is 3. The standard InChI is InChI=1S/C27H19FN2O2/c1-32-22-11-12-24-20(13-22)14-23(27(31)30-24)19-15-25(17-5-3-2-4-6-17)29-26(16-19)18-7-9-21(28)10-8-18/h2-16H,1H3,(H,30,31). The molecule has 1 N–H and O–H groups in total. The lowest BCUT2D eigenvalue weighted by atomic mass is 9.99. The molecular formula is C27H19FN2O2. The summed E-state index contributed by atoms with van der Waals surface area (Å²) in [5.74, 6) is 0.398. The van der Waals surface area contributed by atoms with Crippen molar-refractivity contribution < 1.29 is 9.13 Å². The highest BCUT2D eigenvalue weighted by Crippen LogP contribution is 2.30. The topological polar surface area (TPSA) is 55.0 Å². The van der Waals surface area contributed by atoms with Gasteiger partial charge in [-0.15, -0.1) is 0 Å². The largest absolute Gasteiger partial charge is 0.497 e.